The minimum atomic E-state index is -0.745. The number of carboxylic acids is 1. The highest BCUT2D eigenvalue weighted by molar-refractivity contribution is 5.66. The molecule has 2 N–H and O–H groups in total. The van der Waals surface area contributed by atoms with Gasteiger partial charge in [-0.2, -0.15) is 0 Å². The average molecular weight is 463 g/mol. The lowest BCUT2D eigenvalue weighted by molar-refractivity contribution is -0.136. The molecule has 1 aromatic carbocycles. The Kier molecular flexibility index (Phi) is 15.4. The van der Waals surface area contributed by atoms with Crippen LogP contribution in [-0.4, -0.2) is 16.2 Å². The van der Waals surface area contributed by atoms with Crippen LogP contribution in [0.5, 0.6) is 5.75 Å². The fourth-order valence-electron chi connectivity index (χ4n) is 3.98. The minimum absolute atomic E-state index is 0.0305. The summed E-state index contributed by atoms with van der Waals surface area (Å²) in [5, 5.41) is 18.6. The van der Waals surface area contributed by atoms with E-state index in [1.54, 1.807) is 6.92 Å². The Labute approximate surface area is 205 Å². The van der Waals surface area contributed by atoms with Crippen LogP contribution < -0.4 is 0 Å². The average Bonchev–Trinajstić information content (AvgIpc) is 2.71. The van der Waals surface area contributed by atoms with Gasteiger partial charge in [-0.1, -0.05) is 132 Å². The third-order valence-electron chi connectivity index (χ3n) is 6.16. The Morgan fingerprint density at radius 3 is 1.33 bits per heavy atom. The fourth-order valence-corrected chi connectivity index (χ4v) is 3.98. The summed E-state index contributed by atoms with van der Waals surface area (Å²) in [6, 6.07) is 4.50. The van der Waals surface area contributed by atoms with Gasteiger partial charge in [-0.25, -0.2) is 0 Å². The Balaban J connectivity index is 0.00000184. The molecule has 192 valence electrons. The maximum absolute atomic E-state index is 10.8. The largest absolute Gasteiger partial charge is 0.507 e. The number of phenols is 1. The molecular weight excluding hydrogens is 408 g/mol. The van der Waals surface area contributed by atoms with Crippen molar-refractivity contribution < 1.29 is 15.0 Å². The van der Waals surface area contributed by atoms with E-state index < -0.39 is 5.97 Å². The first-order chi connectivity index (χ1) is 15.3. The second-order valence-electron chi connectivity index (χ2n) is 11.6. The number of aryl methyl sites for hydroxylation is 1. The molecule has 0 amide bonds. The molecule has 0 aliphatic heterocycles. The van der Waals surface area contributed by atoms with Crippen LogP contribution in [0.3, 0.4) is 0 Å². The topological polar surface area (TPSA) is 57.5 Å². The molecule has 0 radical (unpaired) electrons. The van der Waals surface area contributed by atoms with Gasteiger partial charge < -0.3 is 10.2 Å². The fraction of sp³-hybridized carbons (Fsp3) is 0.767. The van der Waals surface area contributed by atoms with Crippen LogP contribution in [0.4, 0.5) is 0 Å². The van der Waals surface area contributed by atoms with Crippen LogP contribution >= 0.6 is 0 Å². The van der Waals surface area contributed by atoms with Gasteiger partial charge in [-0.05, 0) is 40.4 Å². The first-order valence-corrected chi connectivity index (χ1v) is 13.4. The molecule has 0 saturated carbocycles. The summed E-state index contributed by atoms with van der Waals surface area (Å²) in [6.07, 6.45) is 16.6. The molecule has 3 nitrogen and oxygen atoms in total. The first kappa shape index (κ1) is 31.5. The van der Waals surface area contributed by atoms with Crippen LogP contribution in [0.25, 0.3) is 0 Å². The number of aromatic hydroxyl groups is 1. The van der Waals surface area contributed by atoms with Gasteiger partial charge >= 0.3 is 5.97 Å². The van der Waals surface area contributed by atoms with Gasteiger partial charge in [0.1, 0.15) is 5.75 Å². The van der Waals surface area contributed by atoms with Gasteiger partial charge in [0.25, 0.3) is 0 Å². The van der Waals surface area contributed by atoms with E-state index in [-0.39, 0.29) is 17.3 Å². The number of unbranched alkanes of at least 4 members (excludes halogenated alkanes) is 10. The molecule has 3 heteroatoms. The van der Waals surface area contributed by atoms with Gasteiger partial charge in [0.2, 0.25) is 0 Å². The van der Waals surface area contributed by atoms with E-state index >= 15 is 0 Å². The number of rotatable bonds is 13. The predicted octanol–water partition coefficient (Wildman–Crippen LogP) is 9.32. The summed E-state index contributed by atoms with van der Waals surface area (Å²) < 4.78 is 0. The van der Waals surface area contributed by atoms with E-state index in [9.17, 15) is 9.90 Å². The SMILES string of the molecule is CCC(=O)O.CCCCCCCCCCCCCc1cc(C(C)(C)C)c(O)c(C(C)(C)C)c1. The maximum Gasteiger partial charge on any atom is 0.303 e. The highest BCUT2D eigenvalue weighted by Gasteiger charge is 2.26. The zero-order chi connectivity index (χ0) is 25.5. The molecule has 1 aromatic rings. The molecule has 0 aliphatic rings. The van der Waals surface area contributed by atoms with Crippen molar-refractivity contribution in [1.29, 1.82) is 0 Å². The van der Waals surface area contributed by atoms with Crippen molar-refractivity contribution in [3.63, 3.8) is 0 Å². The van der Waals surface area contributed by atoms with Crippen molar-refractivity contribution in [3.8, 4) is 5.75 Å². The molecular formula is C30H54O3. The zero-order valence-electron chi connectivity index (χ0n) is 23.1. The molecule has 0 fully saturated rings. The summed E-state index contributed by atoms with van der Waals surface area (Å²) in [5.41, 5.74) is 3.52. The van der Waals surface area contributed by atoms with E-state index in [0.717, 1.165) is 17.5 Å². The molecule has 0 aliphatic carbocycles. The van der Waals surface area contributed by atoms with E-state index in [2.05, 4.69) is 60.6 Å². The monoisotopic (exact) mass is 462 g/mol. The molecule has 33 heavy (non-hydrogen) atoms. The predicted molar refractivity (Wildman–Crippen MR) is 144 cm³/mol. The first-order valence-electron chi connectivity index (χ1n) is 13.4. The van der Waals surface area contributed by atoms with Gasteiger partial charge in [0.15, 0.2) is 0 Å². The molecule has 0 saturated heterocycles. The Bertz CT molecular complexity index is 627. The summed E-state index contributed by atoms with van der Waals surface area (Å²) in [4.78, 5) is 9.37. The lowest BCUT2D eigenvalue weighted by Gasteiger charge is -2.28. The number of phenolic OH excluding ortho intramolecular Hbond substituents is 1. The summed E-state index contributed by atoms with van der Waals surface area (Å²) in [5.74, 6) is -0.243. The van der Waals surface area contributed by atoms with Gasteiger partial charge in [0.05, 0.1) is 0 Å². The van der Waals surface area contributed by atoms with E-state index in [1.165, 1.54) is 76.2 Å². The molecule has 0 unspecified atom stereocenters. The zero-order valence-corrected chi connectivity index (χ0v) is 23.1. The van der Waals surface area contributed by atoms with E-state index in [0.29, 0.717) is 5.75 Å². The number of hydrogen-bond donors (Lipinski definition) is 2. The number of hydrogen-bond acceptors (Lipinski definition) is 2. The standard InChI is InChI=1S/C27H48O.C3H6O2/c1-8-9-10-11-12-13-14-15-16-17-18-19-22-20-23(26(2,3)4)25(28)24(21-22)27(5,6)7;1-2-3(4)5/h20-21,28H,8-19H2,1-7H3;2H2,1H3,(H,4,5). The number of carboxylic acid groups (broad SMARTS) is 1. The Hall–Kier alpha value is -1.51. The van der Waals surface area contributed by atoms with Gasteiger partial charge in [-0.15, -0.1) is 0 Å². The second-order valence-corrected chi connectivity index (χ2v) is 11.6. The molecule has 0 atom stereocenters. The van der Waals surface area contributed by atoms with Crippen LogP contribution in [0.1, 0.15) is 149 Å². The van der Waals surface area contributed by atoms with Crippen LogP contribution in [0.2, 0.25) is 0 Å². The normalized spacial score (nSPS) is 11.8. The maximum atomic E-state index is 10.8. The van der Waals surface area contributed by atoms with Crippen molar-refractivity contribution in [2.24, 2.45) is 0 Å². The quantitative estimate of drug-likeness (QED) is 0.287. The molecule has 0 bridgehead atoms. The molecule has 0 spiro atoms. The molecule has 0 heterocycles. The van der Waals surface area contributed by atoms with Crippen molar-refractivity contribution in [3.05, 3.63) is 28.8 Å². The van der Waals surface area contributed by atoms with Crippen molar-refractivity contribution in [2.45, 2.75) is 150 Å². The Morgan fingerprint density at radius 2 is 1.03 bits per heavy atom. The van der Waals surface area contributed by atoms with Gasteiger partial charge in [-0.3, -0.25) is 4.79 Å². The minimum Gasteiger partial charge on any atom is -0.507 e. The lowest BCUT2D eigenvalue weighted by atomic mass is 9.78. The van der Waals surface area contributed by atoms with Crippen LogP contribution in [-0.2, 0) is 22.0 Å². The molecule has 0 aromatic heterocycles. The van der Waals surface area contributed by atoms with Crippen LogP contribution in [0, 0.1) is 0 Å². The van der Waals surface area contributed by atoms with E-state index in [1.807, 2.05) is 0 Å². The van der Waals surface area contributed by atoms with E-state index in [4.69, 9.17) is 5.11 Å². The smallest absolute Gasteiger partial charge is 0.303 e. The second kappa shape index (κ2) is 16.2. The Morgan fingerprint density at radius 1 is 0.697 bits per heavy atom. The highest BCUT2D eigenvalue weighted by Crippen LogP contribution is 2.40. The highest BCUT2D eigenvalue weighted by atomic mass is 16.4. The summed E-state index contributed by atoms with van der Waals surface area (Å²) in [7, 11) is 0. The van der Waals surface area contributed by atoms with Crippen molar-refractivity contribution in [2.75, 3.05) is 0 Å². The number of benzene rings is 1. The van der Waals surface area contributed by atoms with Crippen molar-refractivity contribution >= 4 is 5.97 Å². The number of carbonyl (C=O) groups is 1. The van der Waals surface area contributed by atoms with Gasteiger partial charge in [0, 0.05) is 6.42 Å². The molecule has 1 rings (SSSR count). The summed E-state index contributed by atoms with van der Waals surface area (Å²) >= 11 is 0. The lowest BCUT2D eigenvalue weighted by Crippen LogP contribution is -2.18. The summed E-state index contributed by atoms with van der Waals surface area (Å²) in [6.45, 7) is 17.1. The third-order valence-corrected chi connectivity index (χ3v) is 6.16. The van der Waals surface area contributed by atoms with Crippen molar-refractivity contribution in [1.82, 2.24) is 0 Å². The van der Waals surface area contributed by atoms with Crippen LogP contribution in [0.15, 0.2) is 12.1 Å². The third kappa shape index (κ3) is 14.4. The number of aliphatic carboxylic acids is 1.